The molecule has 0 aliphatic rings. The van der Waals surface area contributed by atoms with Gasteiger partial charge < -0.3 is 25.1 Å². The number of carbonyl (C=O) groups excluding carboxylic acids is 3. The molecule has 32 heavy (non-hydrogen) atoms. The van der Waals surface area contributed by atoms with Gasteiger partial charge in [0.1, 0.15) is 12.2 Å². The van der Waals surface area contributed by atoms with Crippen LogP contribution in [0.3, 0.4) is 0 Å². The Kier molecular flexibility index (Phi) is 9.72. The van der Waals surface area contributed by atoms with E-state index in [1.54, 1.807) is 26.1 Å². The highest BCUT2D eigenvalue weighted by atomic mass is 16.5. The summed E-state index contributed by atoms with van der Waals surface area (Å²) < 4.78 is 11.9. The first-order valence-corrected chi connectivity index (χ1v) is 11.0. The molecule has 0 radical (unpaired) electrons. The van der Waals surface area contributed by atoms with E-state index in [-0.39, 0.29) is 48.2 Å². The Morgan fingerprint density at radius 1 is 1.06 bits per heavy atom. The molecule has 2 aromatic rings. The Morgan fingerprint density at radius 3 is 2.50 bits per heavy atom. The molecule has 0 bridgehead atoms. The van der Waals surface area contributed by atoms with E-state index in [1.807, 2.05) is 4.57 Å². The lowest BCUT2D eigenvalue weighted by Crippen LogP contribution is -2.19. The number of carbonyl (C=O) groups is 3. The third-order valence-electron chi connectivity index (χ3n) is 4.78. The molecule has 9 nitrogen and oxygen atoms in total. The number of aromatic nitrogens is 2. The predicted molar refractivity (Wildman–Crippen MR) is 121 cm³/mol. The van der Waals surface area contributed by atoms with E-state index in [4.69, 9.17) is 15.2 Å². The highest BCUT2D eigenvalue weighted by Crippen LogP contribution is 2.20. The summed E-state index contributed by atoms with van der Waals surface area (Å²) in [5.74, 6) is -0.805. The van der Waals surface area contributed by atoms with Crippen LogP contribution in [0, 0.1) is 0 Å². The summed E-state index contributed by atoms with van der Waals surface area (Å²) in [5, 5.41) is 2.70. The van der Waals surface area contributed by atoms with Gasteiger partial charge in [-0.1, -0.05) is 32.3 Å². The minimum atomic E-state index is -0.666. The van der Waals surface area contributed by atoms with Crippen molar-refractivity contribution in [3.8, 4) is 0 Å². The number of amides is 1. The zero-order chi connectivity index (χ0) is 23.5. The molecule has 0 saturated heterocycles. The Hall–Kier alpha value is -3.36. The second-order valence-corrected chi connectivity index (χ2v) is 7.22. The molecule has 0 unspecified atom stereocenters. The molecule has 0 aliphatic heterocycles. The number of nitrogens with one attached hydrogen (secondary N) is 1. The normalized spacial score (nSPS) is 10.6. The zero-order valence-electron chi connectivity index (χ0n) is 19.0. The first-order chi connectivity index (χ1) is 15.4. The number of ether oxygens (including phenoxy) is 2. The van der Waals surface area contributed by atoms with Crippen LogP contribution in [-0.2, 0) is 27.2 Å². The number of imidazole rings is 1. The number of rotatable bonds is 12. The van der Waals surface area contributed by atoms with Crippen LogP contribution >= 0.6 is 0 Å². The minimum absolute atomic E-state index is 0.00382. The number of nitrogens with two attached hydrogens (primary N) is 1. The topological polar surface area (TPSA) is 126 Å². The largest absolute Gasteiger partial charge is 0.466 e. The highest BCUT2D eigenvalue weighted by molar-refractivity contribution is 6.12. The number of hydrogen-bond donors (Lipinski definition) is 2. The molecule has 0 atom stereocenters. The lowest BCUT2D eigenvalue weighted by molar-refractivity contribution is -0.142. The van der Waals surface area contributed by atoms with Gasteiger partial charge in [-0.15, -0.1) is 0 Å². The van der Waals surface area contributed by atoms with Crippen molar-refractivity contribution < 1.29 is 23.9 Å². The maximum Gasteiger partial charge on any atom is 0.341 e. The van der Waals surface area contributed by atoms with Gasteiger partial charge >= 0.3 is 11.9 Å². The second kappa shape index (κ2) is 12.5. The predicted octanol–water partition coefficient (Wildman–Crippen LogP) is 3.58. The smallest absolute Gasteiger partial charge is 0.341 e. The van der Waals surface area contributed by atoms with E-state index in [0.717, 1.165) is 25.7 Å². The Balaban J connectivity index is 2.25. The van der Waals surface area contributed by atoms with Crippen LogP contribution in [0.25, 0.3) is 0 Å². The molecule has 1 amide bonds. The molecule has 3 N–H and O–H groups in total. The van der Waals surface area contributed by atoms with Gasteiger partial charge in [0, 0.05) is 18.4 Å². The van der Waals surface area contributed by atoms with E-state index < -0.39 is 11.9 Å². The summed E-state index contributed by atoms with van der Waals surface area (Å²) in [7, 11) is 0. The second-order valence-electron chi connectivity index (χ2n) is 7.22. The fraction of sp³-hybridized carbons (Fsp3) is 0.478. The van der Waals surface area contributed by atoms with Crippen LogP contribution < -0.4 is 11.1 Å². The molecular formula is C23H32N4O5. The maximum absolute atomic E-state index is 12.9. The number of hydrogen-bond acceptors (Lipinski definition) is 7. The number of unbranched alkanes of at least 4 members (excludes halogenated alkanes) is 3. The molecule has 0 aliphatic carbocycles. The molecule has 0 fully saturated rings. The lowest BCUT2D eigenvalue weighted by Gasteiger charge is -2.10. The first-order valence-electron chi connectivity index (χ1n) is 11.0. The minimum Gasteiger partial charge on any atom is -0.466 e. The molecule has 0 spiro atoms. The molecule has 1 aromatic carbocycles. The summed E-state index contributed by atoms with van der Waals surface area (Å²) in [5.41, 5.74) is 6.18. The monoisotopic (exact) mass is 444 g/mol. The van der Waals surface area contributed by atoms with Gasteiger partial charge in [0.2, 0.25) is 0 Å². The van der Waals surface area contributed by atoms with Crippen LogP contribution in [0.2, 0.25) is 0 Å². The van der Waals surface area contributed by atoms with Gasteiger partial charge in [0.25, 0.3) is 5.91 Å². The van der Waals surface area contributed by atoms with Crippen LogP contribution in [0.4, 0.5) is 11.5 Å². The highest BCUT2D eigenvalue weighted by Gasteiger charge is 2.22. The number of nitrogen functional groups attached to an aromatic ring is 1. The van der Waals surface area contributed by atoms with Crippen LogP contribution in [0.15, 0.2) is 24.4 Å². The molecule has 174 valence electrons. The van der Waals surface area contributed by atoms with Crippen LogP contribution in [-0.4, -0.2) is 40.6 Å². The number of aryl methyl sites for hydroxylation is 1. The van der Waals surface area contributed by atoms with Crippen molar-refractivity contribution in [2.24, 2.45) is 0 Å². The summed E-state index contributed by atoms with van der Waals surface area (Å²) in [4.78, 5) is 41.6. The third-order valence-corrected chi connectivity index (χ3v) is 4.78. The molecule has 9 heteroatoms. The van der Waals surface area contributed by atoms with E-state index >= 15 is 0 Å². The van der Waals surface area contributed by atoms with Gasteiger partial charge in [-0.25, -0.2) is 9.78 Å². The van der Waals surface area contributed by atoms with Crippen molar-refractivity contribution in [3.63, 3.8) is 0 Å². The van der Waals surface area contributed by atoms with Crippen LogP contribution in [0.5, 0.6) is 0 Å². The Labute approximate surface area is 188 Å². The summed E-state index contributed by atoms with van der Waals surface area (Å²) in [6.07, 6.45) is 5.91. The van der Waals surface area contributed by atoms with Crippen molar-refractivity contribution in [1.82, 2.24) is 9.55 Å². The third kappa shape index (κ3) is 6.83. The standard InChI is InChI=1S/C23H32N4O5/c1-4-7-8-9-13-27-15-18(25-19(27)14-20(28)31-5-2)26-22(29)16-11-10-12-17(24)21(16)23(30)32-6-3/h10-12,15H,4-9,13-14,24H2,1-3H3,(H,26,29). The molecule has 0 saturated carbocycles. The SMILES string of the molecule is CCCCCCn1cc(NC(=O)c2cccc(N)c2C(=O)OCC)nc1CC(=O)OCC. The summed E-state index contributed by atoms with van der Waals surface area (Å²) in [6.45, 7) is 6.67. The molecule has 1 heterocycles. The average Bonchev–Trinajstić information content (AvgIpc) is 3.11. The van der Waals surface area contributed by atoms with E-state index in [9.17, 15) is 14.4 Å². The first kappa shape index (κ1) is 24.9. The summed E-state index contributed by atoms with van der Waals surface area (Å²) in [6, 6.07) is 4.62. The number of benzene rings is 1. The van der Waals surface area contributed by atoms with Crippen molar-refractivity contribution in [2.75, 3.05) is 24.3 Å². The number of esters is 2. The van der Waals surface area contributed by atoms with Gasteiger partial charge in [-0.05, 0) is 32.4 Å². The van der Waals surface area contributed by atoms with Crippen molar-refractivity contribution in [3.05, 3.63) is 41.3 Å². The zero-order valence-corrected chi connectivity index (χ0v) is 19.0. The molecule has 1 aromatic heterocycles. The van der Waals surface area contributed by atoms with Crippen molar-refractivity contribution in [2.45, 2.75) is 59.4 Å². The van der Waals surface area contributed by atoms with Crippen molar-refractivity contribution in [1.29, 1.82) is 0 Å². The van der Waals surface area contributed by atoms with Gasteiger partial charge in [0.15, 0.2) is 5.82 Å². The van der Waals surface area contributed by atoms with Gasteiger partial charge in [-0.3, -0.25) is 9.59 Å². The fourth-order valence-corrected chi connectivity index (χ4v) is 3.27. The molecule has 2 rings (SSSR count). The molecular weight excluding hydrogens is 412 g/mol. The Morgan fingerprint density at radius 2 is 1.81 bits per heavy atom. The lowest BCUT2D eigenvalue weighted by atomic mass is 10.0. The summed E-state index contributed by atoms with van der Waals surface area (Å²) >= 11 is 0. The maximum atomic E-state index is 12.9. The van der Waals surface area contributed by atoms with E-state index in [1.165, 1.54) is 12.1 Å². The Bertz CT molecular complexity index is 938. The van der Waals surface area contributed by atoms with Crippen LogP contribution in [0.1, 0.15) is 73.0 Å². The number of anilines is 2. The van der Waals surface area contributed by atoms with Gasteiger partial charge in [0.05, 0.1) is 24.3 Å². The quantitative estimate of drug-likeness (QED) is 0.291. The average molecular weight is 445 g/mol. The number of nitrogens with zero attached hydrogens (tertiary/aromatic N) is 2. The van der Waals surface area contributed by atoms with E-state index in [2.05, 4.69) is 17.2 Å². The van der Waals surface area contributed by atoms with Crippen molar-refractivity contribution >= 4 is 29.4 Å². The van der Waals surface area contributed by atoms with Gasteiger partial charge in [-0.2, -0.15) is 0 Å². The van der Waals surface area contributed by atoms with E-state index in [0.29, 0.717) is 12.4 Å². The fourth-order valence-electron chi connectivity index (χ4n) is 3.27.